The van der Waals surface area contributed by atoms with Crippen LogP contribution in [-0.2, 0) is 4.74 Å². The van der Waals surface area contributed by atoms with Gasteiger partial charge in [-0.3, -0.25) is 9.98 Å². The molecular formula is C10H15N5O6. The van der Waals surface area contributed by atoms with E-state index < -0.39 is 31.1 Å². The van der Waals surface area contributed by atoms with Gasteiger partial charge in [0.05, 0.1) is 12.9 Å². The second kappa shape index (κ2) is 5.38. The van der Waals surface area contributed by atoms with E-state index in [0.717, 1.165) is 6.33 Å². The molecule has 1 aliphatic rings. The third kappa shape index (κ3) is 2.16. The molecule has 0 spiro atoms. The van der Waals surface area contributed by atoms with Crippen molar-refractivity contribution in [3.63, 3.8) is 0 Å². The third-order valence-electron chi connectivity index (χ3n) is 3.30. The first-order chi connectivity index (χ1) is 9.54. The van der Waals surface area contributed by atoms with E-state index in [1.807, 2.05) is 0 Å². The van der Waals surface area contributed by atoms with E-state index in [2.05, 4.69) is 9.97 Å². The maximum atomic E-state index is 9.95. The van der Waals surface area contributed by atoms with E-state index in [1.165, 1.54) is 10.9 Å². The van der Waals surface area contributed by atoms with E-state index in [4.69, 9.17) is 15.3 Å². The number of nitrogens with one attached hydrogen (secondary N) is 1. The minimum Gasteiger partial charge on any atom is -0.425 e. The van der Waals surface area contributed by atoms with Gasteiger partial charge in [-0.05, 0) is 0 Å². The van der Waals surface area contributed by atoms with Crippen LogP contribution in [0, 0.1) is 5.41 Å². The van der Waals surface area contributed by atoms with Gasteiger partial charge < -0.3 is 30.7 Å². The predicted molar refractivity (Wildman–Crippen MR) is 65.2 cm³/mol. The molecule has 21 heavy (non-hydrogen) atoms. The summed E-state index contributed by atoms with van der Waals surface area (Å²) in [5, 5.41) is 45.7. The average Bonchev–Trinajstić information content (AvgIpc) is 2.98. The first kappa shape index (κ1) is 15.3. The minimum atomic E-state index is -1.26. The van der Waals surface area contributed by atoms with Crippen LogP contribution in [0.1, 0.15) is 6.23 Å². The highest BCUT2D eigenvalue weighted by molar-refractivity contribution is 5.68. The van der Waals surface area contributed by atoms with Crippen LogP contribution in [0.15, 0.2) is 12.7 Å². The summed E-state index contributed by atoms with van der Waals surface area (Å²) in [6.45, 7) is -0.435. The molecule has 7 N–H and O–H groups in total. The van der Waals surface area contributed by atoms with Gasteiger partial charge in [-0.1, -0.05) is 0 Å². The summed E-state index contributed by atoms with van der Waals surface area (Å²) in [4.78, 5) is 7.85. The highest BCUT2D eigenvalue weighted by Gasteiger charge is 2.43. The molecule has 3 heterocycles. The van der Waals surface area contributed by atoms with Crippen LogP contribution in [0.4, 0.5) is 0 Å². The Labute approximate surface area is 117 Å². The number of aromatic nitrogens is 4. The van der Waals surface area contributed by atoms with Crippen molar-refractivity contribution in [3.8, 4) is 0 Å². The summed E-state index contributed by atoms with van der Waals surface area (Å²) in [5.41, 5.74) is 0.0726. The molecular weight excluding hydrogens is 286 g/mol. The number of fused-ring (bicyclic) bond motifs is 1. The SMILES string of the molecule is N=c1c2ncn([C@@H]3O[C@H](CO)[C@@H](O)[C@H]3O)c2ncn1O.O. The Balaban J connectivity index is 0.00000161. The summed E-state index contributed by atoms with van der Waals surface area (Å²) in [6.07, 6.45) is -2.07. The number of hydrogen-bond donors (Lipinski definition) is 5. The van der Waals surface area contributed by atoms with Crippen LogP contribution in [0.3, 0.4) is 0 Å². The number of hydrogen-bond acceptors (Lipinski definition) is 8. The smallest absolute Gasteiger partial charge is 0.192 e. The predicted octanol–water partition coefficient (Wildman–Crippen LogP) is -3.26. The zero-order valence-corrected chi connectivity index (χ0v) is 10.7. The fourth-order valence-corrected chi connectivity index (χ4v) is 2.22. The topological polar surface area (TPSA) is 181 Å². The van der Waals surface area contributed by atoms with Gasteiger partial charge in [-0.25, -0.2) is 9.97 Å². The standard InChI is InChI=1S/C10H13N5O5.H2O/c11-8-5-9(13-3-15(8)19)14(2-12-5)10-7(18)6(17)4(1-16)20-10;/h2-4,6-7,10-11,16-19H,1H2;1H2/t4-,6-,7-,10-;/m1./s1. The van der Waals surface area contributed by atoms with Crippen LogP contribution in [0.2, 0.25) is 0 Å². The summed E-state index contributed by atoms with van der Waals surface area (Å²) >= 11 is 0. The van der Waals surface area contributed by atoms with E-state index in [9.17, 15) is 15.4 Å². The van der Waals surface area contributed by atoms with Crippen LogP contribution in [0.25, 0.3) is 11.2 Å². The quantitative estimate of drug-likeness (QED) is 0.361. The fourth-order valence-electron chi connectivity index (χ4n) is 2.22. The van der Waals surface area contributed by atoms with Gasteiger partial charge in [0, 0.05) is 0 Å². The average molecular weight is 301 g/mol. The van der Waals surface area contributed by atoms with E-state index in [0.29, 0.717) is 4.73 Å². The van der Waals surface area contributed by atoms with Crippen molar-refractivity contribution >= 4 is 11.2 Å². The highest BCUT2D eigenvalue weighted by atomic mass is 16.6. The van der Waals surface area contributed by atoms with Gasteiger partial charge >= 0.3 is 0 Å². The van der Waals surface area contributed by atoms with E-state index >= 15 is 0 Å². The zero-order valence-electron chi connectivity index (χ0n) is 10.7. The van der Waals surface area contributed by atoms with Crippen LogP contribution < -0.4 is 5.49 Å². The fraction of sp³-hybridized carbons (Fsp3) is 0.500. The van der Waals surface area contributed by atoms with Crippen LogP contribution in [-0.4, -0.2) is 70.2 Å². The maximum Gasteiger partial charge on any atom is 0.192 e. The molecule has 0 unspecified atom stereocenters. The zero-order chi connectivity index (χ0) is 14.4. The van der Waals surface area contributed by atoms with Gasteiger partial charge in [0.15, 0.2) is 22.9 Å². The second-order valence-corrected chi connectivity index (χ2v) is 4.49. The lowest BCUT2D eigenvalue weighted by Gasteiger charge is -2.16. The summed E-state index contributed by atoms with van der Waals surface area (Å²) < 4.78 is 7.22. The Morgan fingerprint density at radius 3 is 2.57 bits per heavy atom. The molecule has 3 rings (SSSR count). The summed E-state index contributed by atoms with van der Waals surface area (Å²) in [6, 6.07) is 0. The van der Waals surface area contributed by atoms with Gasteiger partial charge in [0.2, 0.25) is 0 Å². The van der Waals surface area contributed by atoms with Gasteiger partial charge in [0.1, 0.15) is 24.6 Å². The molecule has 0 bridgehead atoms. The molecule has 0 radical (unpaired) electrons. The van der Waals surface area contributed by atoms with Crippen molar-refractivity contribution in [1.82, 2.24) is 19.3 Å². The molecule has 2 aromatic rings. The molecule has 11 nitrogen and oxygen atoms in total. The largest absolute Gasteiger partial charge is 0.425 e. The molecule has 11 heteroatoms. The summed E-state index contributed by atoms with van der Waals surface area (Å²) in [7, 11) is 0. The first-order valence-corrected chi connectivity index (χ1v) is 5.85. The van der Waals surface area contributed by atoms with Crippen molar-refractivity contribution in [2.45, 2.75) is 24.5 Å². The number of imidazole rings is 1. The lowest BCUT2D eigenvalue weighted by Crippen LogP contribution is -2.33. The number of aliphatic hydroxyl groups is 3. The van der Waals surface area contributed by atoms with Crippen molar-refractivity contribution in [2.75, 3.05) is 6.61 Å². The second-order valence-electron chi connectivity index (χ2n) is 4.49. The van der Waals surface area contributed by atoms with Crippen LogP contribution >= 0.6 is 0 Å². The van der Waals surface area contributed by atoms with Crippen LogP contribution in [0.5, 0.6) is 0 Å². The molecule has 2 aromatic heterocycles. The lowest BCUT2D eigenvalue weighted by molar-refractivity contribution is -0.0511. The van der Waals surface area contributed by atoms with Gasteiger partial charge in [-0.2, -0.15) is 4.73 Å². The molecule has 0 aromatic carbocycles. The molecule has 4 atom stereocenters. The molecule has 0 amide bonds. The monoisotopic (exact) mass is 301 g/mol. The molecule has 116 valence electrons. The Morgan fingerprint density at radius 1 is 1.24 bits per heavy atom. The van der Waals surface area contributed by atoms with Gasteiger partial charge in [0.25, 0.3) is 0 Å². The van der Waals surface area contributed by atoms with Crippen molar-refractivity contribution in [2.24, 2.45) is 0 Å². The van der Waals surface area contributed by atoms with Crippen molar-refractivity contribution in [3.05, 3.63) is 18.1 Å². The van der Waals surface area contributed by atoms with E-state index in [1.54, 1.807) is 0 Å². The lowest BCUT2D eigenvalue weighted by atomic mass is 10.1. The Hall–Kier alpha value is -2.05. The molecule has 0 saturated carbocycles. The van der Waals surface area contributed by atoms with Crippen molar-refractivity contribution < 1.29 is 30.7 Å². The first-order valence-electron chi connectivity index (χ1n) is 5.85. The number of ether oxygens (including phenoxy) is 1. The minimum absolute atomic E-state index is 0. The Morgan fingerprint density at radius 2 is 1.95 bits per heavy atom. The number of nitrogens with zero attached hydrogens (tertiary/aromatic N) is 4. The third-order valence-corrected chi connectivity index (χ3v) is 3.30. The highest BCUT2D eigenvalue weighted by Crippen LogP contribution is 2.30. The Bertz CT molecular complexity index is 699. The maximum absolute atomic E-state index is 9.95. The number of rotatable bonds is 2. The van der Waals surface area contributed by atoms with Gasteiger partial charge in [-0.15, -0.1) is 0 Å². The Kier molecular flexibility index (Phi) is 3.93. The molecule has 0 aliphatic carbocycles. The molecule has 1 aliphatic heterocycles. The molecule has 1 fully saturated rings. The van der Waals surface area contributed by atoms with E-state index in [-0.39, 0.29) is 22.1 Å². The van der Waals surface area contributed by atoms with Crippen molar-refractivity contribution in [1.29, 1.82) is 5.41 Å². The summed E-state index contributed by atoms with van der Waals surface area (Å²) in [5.74, 6) is 0. The normalized spacial score (nSPS) is 28.7. The molecule has 1 saturated heterocycles. The number of aliphatic hydroxyl groups excluding tert-OH is 3.